The quantitative estimate of drug-likeness (QED) is 0.297. The van der Waals surface area contributed by atoms with Gasteiger partial charge in [0, 0.05) is 11.1 Å². The van der Waals surface area contributed by atoms with E-state index in [1.165, 1.54) is 56.3 Å². The van der Waals surface area contributed by atoms with E-state index in [0.717, 1.165) is 0 Å². The third kappa shape index (κ3) is 2.98. The van der Waals surface area contributed by atoms with Crippen molar-refractivity contribution < 1.29 is 0 Å². The van der Waals surface area contributed by atoms with Crippen molar-refractivity contribution in [3.8, 4) is 22.3 Å². The van der Waals surface area contributed by atoms with Crippen LogP contribution in [0.25, 0.3) is 22.3 Å². The molecule has 1 unspecified atom stereocenters. The summed E-state index contributed by atoms with van der Waals surface area (Å²) in [6, 6.07) is 43.4. The van der Waals surface area contributed by atoms with Gasteiger partial charge in [-0.2, -0.15) is 0 Å². The Morgan fingerprint density at radius 3 is 1.66 bits per heavy atom. The lowest BCUT2D eigenvalue weighted by Crippen LogP contribution is -2.40. The van der Waals surface area contributed by atoms with Crippen molar-refractivity contribution in [2.45, 2.75) is 13.2 Å². The predicted octanol–water partition coefficient (Wildman–Crippen LogP) is 8.33. The molecule has 7 rings (SSSR count). The summed E-state index contributed by atoms with van der Waals surface area (Å²) in [5.74, 6) is 0. The molecule has 3 heteroatoms. The lowest BCUT2D eigenvalue weighted by molar-refractivity contribution is 0.809. The first-order valence-corrected chi connectivity index (χ1v) is 12.1. The molecule has 3 nitrogen and oxygen atoms in total. The summed E-state index contributed by atoms with van der Waals surface area (Å²) in [6.07, 6.45) is -0.0455. The molecule has 2 aliphatic heterocycles. The van der Waals surface area contributed by atoms with Crippen LogP contribution in [0.2, 0.25) is 0 Å². The third-order valence-electron chi connectivity index (χ3n) is 7.12. The molecule has 0 amide bonds. The molecule has 5 aromatic rings. The normalized spacial score (nSPS) is 15.4. The zero-order chi connectivity index (χ0) is 23.4. The number of aryl methyl sites for hydroxylation is 1. The molecule has 0 spiro atoms. The van der Waals surface area contributed by atoms with Crippen LogP contribution in [0.4, 0.5) is 28.4 Å². The van der Waals surface area contributed by atoms with Crippen LogP contribution in [0, 0.1) is 6.92 Å². The molecule has 0 radical (unpaired) electrons. The van der Waals surface area contributed by atoms with Crippen molar-refractivity contribution in [1.29, 1.82) is 0 Å². The van der Waals surface area contributed by atoms with Gasteiger partial charge in [-0.05, 0) is 41.8 Å². The van der Waals surface area contributed by atoms with Gasteiger partial charge in [0.25, 0.3) is 0 Å². The second-order valence-corrected chi connectivity index (χ2v) is 9.15. The van der Waals surface area contributed by atoms with E-state index in [9.17, 15) is 0 Å². The molecular weight excluding hydrogens is 426 g/mol. The fourth-order valence-electron chi connectivity index (χ4n) is 5.56. The number of benzene rings is 5. The number of hydrogen-bond acceptors (Lipinski definition) is 3. The summed E-state index contributed by atoms with van der Waals surface area (Å²) in [4.78, 5) is 4.92. The number of para-hydroxylation sites is 4. The Balaban J connectivity index is 1.52. The highest BCUT2D eigenvalue weighted by Crippen LogP contribution is 2.56. The van der Waals surface area contributed by atoms with Crippen LogP contribution in [0.1, 0.15) is 5.56 Å². The van der Waals surface area contributed by atoms with Gasteiger partial charge in [0.05, 0.1) is 28.4 Å². The van der Waals surface area contributed by atoms with Gasteiger partial charge >= 0.3 is 0 Å². The summed E-state index contributed by atoms with van der Waals surface area (Å²) in [7, 11) is 0. The summed E-state index contributed by atoms with van der Waals surface area (Å²) in [6.45, 7) is 2.18. The molecule has 2 heterocycles. The van der Waals surface area contributed by atoms with Crippen molar-refractivity contribution >= 4 is 28.4 Å². The van der Waals surface area contributed by atoms with Crippen molar-refractivity contribution in [3.05, 3.63) is 127 Å². The Hall–Kier alpha value is -4.50. The molecular formula is C32H25N3. The van der Waals surface area contributed by atoms with Crippen LogP contribution in [-0.2, 0) is 0 Å². The molecule has 1 atom stereocenters. The standard InChI is InChI=1S/C32H25N3/c1-22-12-10-21-29-30(22)33-32-34(29)27-19-8-9-20-28(27)35(32)31-25(23-13-4-2-5-14-23)17-11-18-26(31)24-15-6-3-7-16-24/h2-21,32-33H,1H3. The highest BCUT2D eigenvalue weighted by molar-refractivity contribution is 6.02. The molecule has 2 aliphatic rings. The average Bonchev–Trinajstić information content (AvgIpc) is 3.45. The SMILES string of the molecule is Cc1cccc2c1NC1N2c2ccccc2N1c1c(-c2ccccc2)cccc1-c1ccccc1. The first kappa shape index (κ1) is 19.9. The van der Waals surface area contributed by atoms with E-state index in [4.69, 9.17) is 0 Å². The molecule has 1 N–H and O–H groups in total. The van der Waals surface area contributed by atoms with Crippen LogP contribution < -0.4 is 15.1 Å². The number of nitrogens with one attached hydrogen (secondary N) is 1. The van der Waals surface area contributed by atoms with E-state index in [1.54, 1.807) is 0 Å². The number of rotatable bonds is 3. The van der Waals surface area contributed by atoms with Crippen molar-refractivity contribution in [2.24, 2.45) is 0 Å². The number of nitrogens with zero attached hydrogens (tertiary/aromatic N) is 2. The van der Waals surface area contributed by atoms with Gasteiger partial charge < -0.3 is 5.32 Å². The second-order valence-electron chi connectivity index (χ2n) is 9.15. The van der Waals surface area contributed by atoms with E-state index in [0.29, 0.717) is 0 Å². The first-order chi connectivity index (χ1) is 17.3. The van der Waals surface area contributed by atoms with Crippen molar-refractivity contribution in [3.63, 3.8) is 0 Å². The maximum absolute atomic E-state index is 3.87. The summed E-state index contributed by atoms with van der Waals surface area (Å²) in [5, 5.41) is 3.87. The number of anilines is 5. The lowest BCUT2D eigenvalue weighted by atomic mass is 9.95. The van der Waals surface area contributed by atoms with Gasteiger partial charge in [-0.1, -0.05) is 103 Å². The Morgan fingerprint density at radius 1 is 0.514 bits per heavy atom. The molecule has 0 aliphatic carbocycles. The van der Waals surface area contributed by atoms with Crippen LogP contribution in [0.5, 0.6) is 0 Å². The van der Waals surface area contributed by atoms with Gasteiger partial charge in [-0.3, -0.25) is 9.80 Å². The van der Waals surface area contributed by atoms with E-state index >= 15 is 0 Å². The fraction of sp³-hybridized carbons (Fsp3) is 0.0625. The molecule has 35 heavy (non-hydrogen) atoms. The molecule has 0 saturated carbocycles. The summed E-state index contributed by atoms with van der Waals surface area (Å²) >= 11 is 0. The maximum Gasteiger partial charge on any atom is 0.187 e. The monoisotopic (exact) mass is 451 g/mol. The second kappa shape index (κ2) is 7.78. The first-order valence-electron chi connectivity index (χ1n) is 12.1. The van der Waals surface area contributed by atoms with E-state index in [-0.39, 0.29) is 6.29 Å². The molecule has 0 bridgehead atoms. The van der Waals surface area contributed by atoms with Gasteiger partial charge in [-0.15, -0.1) is 0 Å². The summed E-state index contributed by atoms with van der Waals surface area (Å²) < 4.78 is 0. The maximum atomic E-state index is 3.87. The lowest BCUT2D eigenvalue weighted by Gasteiger charge is -2.31. The zero-order valence-electron chi connectivity index (χ0n) is 19.5. The fourth-order valence-corrected chi connectivity index (χ4v) is 5.56. The van der Waals surface area contributed by atoms with Crippen LogP contribution in [0.3, 0.4) is 0 Å². The summed E-state index contributed by atoms with van der Waals surface area (Å²) in [5.41, 5.74) is 12.2. The number of hydrogen-bond donors (Lipinski definition) is 1. The van der Waals surface area contributed by atoms with Gasteiger partial charge in [-0.25, -0.2) is 0 Å². The van der Waals surface area contributed by atoms with Crippen molar-refractivity contribution in [1.82, 2.24) is 0 Å². The third-order valence-corrected chi connectivity index (χ3v) is 7.12. The minimum absolute atomic E-state index is 0.0455. The Kier molecular flexibility index (Phi) is 4.43. The highest BCUT2D eigenvalue weighted by atomic mass is 15.5. The van der Waals surface area contributed by atoms with E-state index in [1.807, 2.05) is 0 Å². The predicted molar refractivity (Wildman–Crippen MR) is 147 cm³/mol. The van der Waals surface area contributed by atoms with Crippen molar-refractivity contribution in [2.75, 3.05) is 15.1 Å². The Bertz CT molecular complexity index is 1480. The smallest absolute Gasteiger partial charge is 0.187 e. The molecule has 0 aromatic heterocycles. The number of fused-ring (bicyclic) bond motifs is 5. The Labute approximate surface area is 205 Å². The molecule has 168 valence electrons. The largest absolute Gasteiger partial charge is 0.346 e. The molecule has 0 saturated heterocycles. The van der Waals surface area contributed by atoms with Gasteiger partial charge in [0.15, 0.2) is 6.29 Å². The minimum atomic E-state index is -0.0455. The van der Waals surface area contributed by atoms with Crippen LogP contribution in [-0.4, -0.2) is 6.29 Å². The highest BCUT2D eigenvalue weighted by Gasteiger charge is 2.44. The molecule has 0 fully saturated rings. The topological polar surface area (TPSA) is 18.5 Å². The van der Waals surface area contributed by atoms with Crippen LogP contribution in [0.15, 0.2) is 121 Å². The minimum Gasteiger partial charge on any atom is -0.346 e. The van der Waals surface area contributed by atoms with E-state index in [2.05, 4.69) is 143 Å². The average molecular weight is 452 g/mol. The van der Waals surface area contributed by atoms with E-state index < -0.39 is 0 Å². The Morgan fingerprint density at radius 2 is 1.03 bits per heavy atom. The van der Waals surface area contributed by atoms with Gasteiger partial charge in [0.1, 0.15) is 0 Å². The molecule has 5 aromatic carbocycles. The zero-order valence-corrected chi connectivity index (χ0v) is 19.5. The van der Waals surface area contributed by atoms with Crippen LogP contribution >= 0.6 is 0 Å². The van der Waals surface area contributed by atoms with Gasteiger partial charge in [0.2, 0.25) is 0 Å².